The van der Waals surface area contributed by atoms with Crippen molar-refractivity contribution in [2.24, 2.45) is 0 Å². The van der Waals surface area contributed by atoms with Gasteiger partial charge in [0.15, 0.2) is 0 Å². The Bertz CT molecular complexity index is 265. The van der Waals surface area contributed by atoms with Crippen LogP contribution in [0.25, 0.3) is 0 Å². The lowest BCUT2D eigenvalue weighted by atomic mass is 9.74. The monoisotopic (exact) mass is 195 g/mol. The van der Waals surface area contributed by atoms with Gasteiger partial charge in [0, 0.05) is 12.1 Å². The van der Waals surface area contributed by atoms with Gasteiger partial charge < -0.3 is 14.8 Å². The zero-order valence-corrected chi connectivity index (χ0v) is 8.33. The van der Waals surface area contributed by atoms with Crippen molar-refractivity contribution >= 4 is 0 Å². The highest BCUT2D eigenvalue weighted by molar-refractivity contribution is 5.01. The van der Waals surface area contributed by atoms with Crippen LogP contribution in [-0.2, 0) is 6.54 Å². The zero-order valence-electron chi connectivity index (χ0n) is 8.33. The molecule has 0 atom stereocenters. The Kier molecular flexibility index (Phi) is 2.89. The average molecular weight is 195 g/mol. The molecule has 1 saturated carbocycles. The number of furan rings is 1. The Morgan fingerprint density at radius 2 is 2.36 bits per heavy atom. The topological polar surface area (TPSA) is 45.4 Å². The van der Waals surface area contributed by atoms with Crippen molar-refractivity contribution in [2.45, 2.75) is 37.8 Å². The normalized spacial score (nSPS) is 19.2. The predicted octanol–water partition coefficient (Wildman–Crippen LogP) is 1.67. The van der Waals surface area contributed by atoms with E-state index in [0.29, 0.717) is 0 Å². The first-order valence-corrected chi connectivity index (χ1v) is 5.23. The van der Waals surface area contributed by atoms with E-state index in [0.717, 1.165) is 18.7 Å². The van der Waals surface area contributed by atoms with E-state index in [1.165, 1.54) is 19.3 Å². The van der Waals surface area contributed by atoms with Crippen LogP contribution in [0.4, 0.5) is 0 Å². The van der Waals surface area contributed by atoms with E-state index in [1.807, 2.05) is 12.1 Å². The third kappa shape index (κ3) is 1.99. The quantitative estimate of drug-likeness (QED) is 0.751. The van der Waals surface area contributed by atoms with Gasteiger partial charge in [-0.05, 0) is 37.8 Å². The largest absolute Gasteiger partial charge is 0.468 e. The summed E-state index contributed by atoms with van der Waals surface area (Å²) >= 11 is 0. The van der Waals surface area contributed by atoms with Crippen LogP contribution in [0.1, 0.15) is 31.4 Å². The van der Waals surface area contributed by atoms with E-state index in [9.17, 15) is 0 Å². The molecule has 0 amide bonds. The molecule has 0 radical (unpaired) electrons. The van der Waals surface area contributed by atoms with E-state index in [4.69, 9.17) is 9.52 Å². The fraction of sp³-hybridized carbons (Fsp3) is 0.636. The maximum absolute atomic E-state index is 8.96. The molecule has 0 spiro atoms. The van der Waals surface area contributed by atoms with Gasteiger partial charge in [0.05, 0.1) is 12.8 Å². The lowest BCUT2D eigenvalue weighted by Gasteiger charge is -2.42. The van der Waals surface area contributed by atoms with Crippen LogP contribution < -0.4 is 5.32 Å². The summed E-state index contributed by atoms with van der Waals surface area (Å²) in [5.74, 6) is 0.967. The van der Waals surface area contributed by atoms with Crippen LogP contribution in [-0.4, -0.2) is 17.3 Å². The van der Waals surface area contributed by atoms with Crippen LogP contribution in [0.5, 0.6) is 0 Å². The minimum atomic E-state index is 0.182. The van der Waals surface area contributed by atoms with Gasteiger partial charge in [-0.25, -0.2) is 0 Å². The van der Waals surface area contributed by atoms with Crippen molar-refractivity contribution in [1.29, 1.82) is 0 Å². The summed E-state index contributed by atoms with van der Waals surface area (Å²) in [6.45, 7) is 1.04. The highest BCUT2D eigenvalue weighted by Crippen LogP contribution is 2.34. The van der Waals surface area contributed by atoms with Crippen LogP contribution in [0.15, 0.2) is 22.8 Å². The summed E-state index contributed by atoms with van der Waals surface area (Å²) in [6.07, 6.45) is 6.16. The molecular weight excluding hydrogens is 178 g/mol. The fourth-order valence-corrected chi connectivity index (χ4v) is 2.02. The average Bonchev–Trinajstić information content (AvgIpc) is 2.62. The van der Waals surface area contributed by atoms with Gasteiger partial charge in [-0.15, -0.1) is 0 Å². The molecule has 1 aromatic rings. The zero-order chi connectivity index (χ0) is 9.86. The number of aliphatic hydroxyl groups excluding tert-OH is 1. The van der Waals surface area contributed by atoms with Gasteiger partial charge >= 0.3 is 0 Å². The first kappa shape index (κ1) is 9.74. The van der Waals surface area contributed by atoms with E-state index in [1.54, 1.807) is 6.26 Å². The van der Waals surface area contributed by atoms with Crippen molar-refractivity contribution in [3.05, 3.63) is 24.2 Å². The molecule has 2 rings (SSSR count). The van der Waals surface area contributed by atoms with Crippen LogP contribution in [0.3, 0.4) is 0 Å². The molecule has 0 saturated heterocycles. The molecule has 78 valence electrons. The summed E-state index contributed by atoms with van der Waals surface area (Å²) in [5.41, 5.74) is 0.182. The van der Waals surface area contributed by atoms with Gasteiger partial charge in [-0.1, -0.05) is 0 Å². The number of hydrogen-bond acceptors (Lipinski definition) is 3. The molecule has 1 aliphatic rings. The smallest absolute Gasteiger partial charge is 0.117 e. The number of rotatable bonds is 5. The molecule has 0 aliphatic heterocycles. The molecule has 2 N–H and O–H groups in total. The molecule has 0 unspecified atom stereocenters. The van der Waals surface area contributed by atoms with Gasteiger partial charge in [0.1, 0.15) is 5.76 Å². The first-order valence-electron chi connectivity index (χ1n) is 5.23. The lowest BCUT2D eigenvalue weighted by molar-refractivity contribution is 0.127. The predicted molar refractivity (Wildman–Crippen MR) is 53.8 cm³/mol. The minimum Gasteiger partial charge on any atom is -0.468 e. The van der Waals surface area contributed by atoms with E-state index in [-0.39, 0.29) is 12.1 Å². The highest BCUT2D eigenvalue weighted by atomic mass is 16.3. The summed E-state index contributed by atoms with van der Waals surface area (Å²) in [4.78, 5) is 0. The minimum absolute atomic E-state index is 0.182. The Balaban J connectivity index is 1.83. The van der Waals surface area contributed by atoms with Crippen molar-refractivity contribution in [1.82, 2.24) is 5.32 Å². The molecule has 3 nitrogen and oxygen atoms in total. The number of aliphatic hydroxyl groups is 1. The fourth-order valence-electron chi connectivity index (χ4n) is 2.02. The first-order chi connectivity index (χ1) is 6.85. The van der Waals surface area contributed by atoms with Crippen LogP contribution >= 0.6 is 0 Å². The van der Waals surface area contributed by atoms with Gasteiger partial charge in [-0.3, -0.25) is 0 Å². The van der Waals surface area contributed by atoms with Crippen molar-refractivity contribution < 1.29 is 9.52 Å². The molecule has 1 aromatic heterocycles. The Morgan fingerprint density at radius 1 is 1.50 bits per heavy atom. The van der Waals surface area contributed by atoms with E-state index < -0.39 is 0 Å². The van der Waals surface area contributed by atoms with Crippen molar-refractivity contribution in [2.75, 3.05) is 6.61 Å². The van der Waals surface area contributed by atoms with Crippen molar-refractivity contribution in [3.63, 3.8) is 0 Å². The molecular formula is C11H17NO2. The second-order valence-corrected chi connectivity index (χ2v) is 4.04. The third-order valence-electron chi connectivity index (χ3n) is 3.12. The van der Waals surface area contributed by atoms with Crippen molar-refractivity contribution in [3.8, 4) is 0 Å². The molecule has 3 heteroatoms. The summed E-state index contributed by atoms with van der Waals surface area (Å²) in [6, 6.07) is 3.87. The second-order valence-electron chi connectivity index (χ2n) is 4.04. The summed E-state index contributed by atoms with van der Waals surface area (Å²) in [5, 5.41) is 12.4. The Labute approximate surface area is 84.1 Å². The van der Waals surface area contributed by atoms with E-state index >= 15 is 0 Å². The van der Waals surface area contributed by atoms with Crippen LogP contribution in [0.2, 0.25) is 0 Å². The summed E-state index contributed by atoms with van der Waals surface area (Å²) < 4.78 is 5.25. The highest BCUT2D eigenvalue weighted by Gasteiger charge is 2.35. The van der Waals surface area contributed by atoms with E-state index in [2.05, 4.69) is 5.32 Å². The molecule has 0 aromatic carbocycles. The maximum atomic E-state index is 8.96. The van der Waals surface area contributed by atoms with Gasteiger partial charge in [0.2, 0.25) is 0 Å². The number of nitrogens with one attached hydrogen (secondary N) is 1. The lowest BCUT2D eigenvalue weighted by Crippen LogP contribution is -2.51. The Morgan fingerprint density at radius 3 is 2.86 bits per heavy atom. The standard InChI is InChI=1S/C11H17NO2/c13-7-6-11(4-2-5-11)12-9-10-3-1-8-14-10/h1,3,8,12-13H,2,4-7,9H2. The number of hydrogen-bond donors (Lipinski definition) is 2. The molecule has 1 fully saturated rings. The van der Waals surface area contributed by atoms with Crippen LogP contribution in [0, 0.1) is 0 Å². The molecule has 0 bridgehead atoms. The SMILES string of the molecule is OCCC1(NCc2ccco2)CCC1. The molecule has 1 heterocycles. The van der Waals surface area contributed by atoms with Gasteiger partial charge in [-0.2, -0.15) is 0 Å². The van der Waals surface area contributed by atoms with Gasteiger partial charge in [0.25, 0.3) is 0 Å². The molecule has 14 heavy (non-hydrogen) atoms. The molecule has 1 aliphatic carbocycles. The third-order valence-corrected chi connectivity index (χ3v) is 3.12. The Hall–Kier alpha value is -0.800. The summed E-state index contributed by atoms with van der Waals surface area (Å²) in [7, 11) is 0. The second kappa shape index (κ2) is 4.15. The maximum Gasteiger partial charge on any atom is 0.117 e.